The minimum atomic E-state index is -0.906. The lowest BCUT2D eigenvalue weighted by atomic mass is 9.92. The average molecular weight is 142 g/mol. The molecule has 0 spiro atoms. The SMILES string of the molecule is O=C(O)[C@H]1CCC=C[C@@H]1O. The lowest BCUT2D eigenvalue weighted by molar-refractivity contribution is -0.145. The van der Waals surface area contributed by atoms with E-state index in [1.54, 1.807) is 6.08 Å². The van der Waals surface area contributed by atoms with E-state index in [2.05, 4.69) is 0 Å². The van der Waals surface area contributed by atoms with E-state index in [4.69, 9.17) is 10.2 Å². The van der Waals surface area contributed by atoms with Gasteiger partial charge in [-0.2, -0.15) is 0 Å². The fourth-order valence-corrected chi connectivity index (χ4v) is 1.09. The van der Waals surface area contributed by atoms with Crippen LogP contribution in [0.2, 0.25) is 0 Å². The van der Waals surface area contributed by atoms with E-state index >= 15 is 0 Å². The molecule has 0 aromatic rings. The summed E-state index contributed by atoms with van der Waals surface area (Å²) >= 11 is 0. The molecule has 0 heterocycles. The van der Waals surface area contributed by atoms with Crippen molar-refractivity contribution in [3.8, 4) is 0 Å². The van der Waals surface area contributed by atoms with Crippen molar-refractivity contribution in [3.63, 3.8) is 0 Å². The Morgan fingerprint density at radius 3 is 2.70 bits per heavy atom. The molecule has 10 heavy (non-hydrogen) atoms. The van der Waals surface area contributed by atoms with Crippen molar-refractivity contribution in [2.45, 2.75) is 18.9 Å². The molecule has 2 atom stereocenters. The van der Waals surface area contributed by atoms with Gasteiger partial charge in [0.25, 0.3) is 0 Å². The predicted molar refractivity (Wildman–Crippen MR) is 35.5 cm³/mol. The molecule has 3 heteroatoms. The summed E-state index contributed by atoms with van der Waals surface area (Å²) in [5.41, 5.74) is 0. The van der Waals surface area contributed by atoms with Gasteiger partial charge in [-0.05, 0) is 12.8 Å². The molecule has 0 bridgehead atoms. The van der Waals surface area contributed by atoms with Gasteiger partial charge in [-0.15, -0.1) is 0 Å². The van der Waals surface area contributed by atoms with Gasteiger partial charge in [-0.25, -0.2) is 0 Å². The normalized spacial score (nSPS) is 32.1. The van der Waals surface area contributed by atoms with Crippen LogP contribution in [0.5, 0.6) is 0 Å². The Morgan fingerprint density at radius 1 is 1.60 bits per heavy atom. The monoisotopic (exact) mass is 142 g/mol. The second-order valence-electron chi connectivity index (χ2n) is 2.44. The van der Waals surface area contributed by atoms with Crippen molar-refractivity contribution >= 4 is 5.97 Å². The molecule has 0 saturated carbocycles. The van der Waals surface area contributed by atoms with Crippen molar-refractivity contribution in [2.24, 2.45) is 5.92 Å². The smallest absolute Gasteiger partial charge is 0.309 e. The molecule has 0 aromatic carbocycles. The van der Waals surface area contributed by atoms with Gasteiger partial charge in [0.15, 0.2) is 0 Å². The van der Waals surface area contributed by atoms with E-state index in [9.17, 15) is 4.79 Å². The molecule has 0 aliphatic heterocycles. The molecule has 0 aromatic heterocycles. The number of carbonyl (C=O) groups is 1. The molecule has 1 rings (SSSR count). The molecule has 1 aliphatic carbocycles. The van der Waals surface area contributed by atoms with Gasteiger partial charge in [-0.1, -0.05) is 12.2 Å². The first-order valence-electron chi connectivity index (χ1n) is 3.29. The number of aliphatic hydroxyl groups excluding tert-OH is 1. The van der Waals surface area contributed by atoms with Crippen molar-refractivity contribution in [3.05, 3.63) is 12.2 Å². The van der Waals surface area contributed by atoms with Gasteiger partial charge >= 0.3 is 5.97 Å². The zero-order valence-electron chi connectivity index (χ0n) is 5.53. The number of aliphatic carboxylic acids is 1. The average Bonchev–Trinajstić information content (AvgIpc) is 1.88. The largest absolute Gasteiger partial charge is 0.481 e. The van der Waals surface area contributed by atoms with Crippen LogP contribution >= 0.6 is 0 Å². The molecular weight excluding hydrogens is 132 g/mol. The molecule has 0 radical (unpaired) electrons. The highest BCUT2D eigenvalue weighted by Crippen LogP contribution is 2.18. The van der Waals surface area contributed by atoms with Crippen LogP contribution in [-0.4, -0.2) is 22.3 Å². The van der Waals surface area contributed by atoms with Crippen molar-refractivity contribution < 1.29 is 15.0 Å². The van der Waals surface area contributed by atoms with Crippen LogP contribution in [-0.2, 0) is 4.79 Å². The number of rotatable bonds is 1. The Balaban J connectivity index is 2.60. The molecule has 0 fully saturated rings. The Morgan fingerprint density at radius 2 is 2.30 bits per heavy atom. The van der Waals surface area contributed by atoms with Crippen molar-refractivity contribution in [1.29, 1.82) is 0 Å². The number of allylic oxidation sites excluding steroid dienone is 1. The van der Waals surface area contributed by atoms with Gasteiger partial charge in [0, 0.05) is 0 Å². The zero-order valence-corrected chi connectivity index (χ0v) is 5.53. The molecule has 1 aliphatic rings. The number of carboxylic acids is 1. The van der Waals surface area contributed by atoms with Crippen molar-refractivity contribution in [1.82, 2.24) is 0 Å². The third kappa shape index (κ3) is 1.36. The molecule has 2 N–H and O–H groups in total. The third-order valence-corrected chi connectivity index (χ3v) is 1.71. The maximum atomic E-state index is 10.4. The molecule has 56 valence electrons. The quantitative estimate of drug-likeness (QED) is 0.521. The van der Waals surface area contributed by atoms with E-state index in [1.807, 2.05) is 6.08 Å². The summed E-state index contributed by atoms with van der Waals surface area (Å²) in [6, 6.07) is 0. The second kappa shape index (κ2) is 2.84. The van der Waals surface area contributed by atoms with Crippen LogP contribution in [0.3, 0.4) is 0 Å². The van der Waals surface area contributed by atoms with Gasteiger partial charge in [0.05, 0.1) is 12.0 Å². The maximum Gasteiger partial charge on any atom is 0.309 e. The summed E-state index contributed by atoms with van der Waals surface area (Å²) < 4.78 is 0. The number of hydrogen-bond acceptors (Lipinski definition) is 2. The highest BCUT2D eigenvalue weighted by molar-refractivity contribution is 5.71. The summed E-state index contributed by atoms with van der Waals surface area (Å²) in [6.07, 6.45) is 3.87. The van der Waals surface area contributed by atoms with E-state index in [-0.39, 0.29) is 0 Å². The fraction of sp³-hybridized carbons (Fsp3) is 0.571. The van der Waals surface area contributed by atoms with Crippen LogP contribution in [0, 0.1) is 5.92 Å². The summed E-state index contributed by atoms with van der Waals surface area (Å²) in [5.74, 6) is -1.50. The standard InChI is InChI=1S/C7H10O3/c8-6-4-2-1-3-5(6)7(9)10/h2,4-6,8H,1,3H2,(H,9,10)/t5-,6-/m0/s1. The van der Waals surface area contributed by atoms with E-state index in [0.717, 1.165) is 6.42 Å². The van der Waals surface area contributed by atoms with Gasteiger partial charge in [-0.3, -0.25) is 4.79 Å². The Kier molecular flexibility index (Phi) is 2.06. The Hall–Kier alpha value is -0.830. The summed E-state index contributed by atoms with van der Waals surface area (Å²) in [6.45, 7) is 0. The zero-order chi connectivity index (χ0) is 7.56. The summed E-state index contributed by atoms with van der Waals surface area (Å²) in [5, 5.41) is 17.6. The Labute approximate surface area is 59.0 Å². The first-order chi connectivity index (χ1) is 4.72. The minimum Gasteiger partial charge on any atom is -0.481 e. The van der Waals surface area contributed by atoms with E-state index in [1.165, 1.54) is 0 Å². The second-order valence-corrected chi connectivity index (χ2v) is 2.44. The minimum absolute atomic E-state index is 0.549. The predicted octanol–water partition coefficient (Wildman–Crippen LogP) is 0.398. The maximum absolute atomic E-state index is 10.4. The Bertz CT molecular complexity index is 162. The van der Waals surface area contributed by atoms with Crippen LogP contribution < -0.4 is 0 Å². The number of hydrogen-bond donors (Lipinski definition) is 2. The summed E-state index contributed by atoms with van der Waals surface area (Å²) in [4.78, 5) is 10.4. The van der Waals surface area contributed by atoms with Gasteiger partial charge in [0.2, 0.25) is 0 Å². The highest BCUT2D eigenvalue weighted by atomic mass is 16.4. The van der Waals surface area contributed by atoms with Crippen LogP contribution in [0.15, 0.2) is 12.2 Å². The molecule has 0 amide bonds. The van der Waals surface area contributed by atoms with Crippen molar-refractivity contribution in [2.75, 3.05) is 0 Å². The first kappa shape index (κ1) is 7.28. The van der Waals surface area contributed by atoms with E-state index < -0.39 is 18.0 Å². The van der Waals surface area contributed by atoms with Crippen LogP contribution in [0.25, 0.3) is 0 Å². The lowest BCUT2D eigenvalue weighted by Gasteiger charge is -2.18. The van der Waals surface area contributed by atoms with E-state index in [0.29, 0.717) is 6.42 Å². The number of aliphatic hydroxyl groups is 1. The lowest BCUT2D eigenvalue weighted by Crippen LogP contribution is -2.28. The first-order valence-corrected chi connectivity index (χ1v) is 3.29. The fourth-order valence-electron chi connectivity index (χ4n) is 1.09. The topological polar surface area (TPSA) is 57.5 Å². The molecule has 0 unspecified atom stereocenters. The molecule has 0 saturated heterocycles. The molecule has 3 nitrogen and oxygen atoms in total. The third-order valence-electron chi connectivity index (χ3n) is 1.71. The van der Waals surface area contributed by atoms with Gasteiger partial charge in [0.1, 0.15) is 0 Å². The highest BCUT2D eigenvalue weighted by Gasteiger charge is 2.25. The van der Waals surface area contributed by atoms with Gasteiger partial charge < -0.3 is 10.2 Å². The van der Waals surface area contributed by atoms with Crippen LogP contribution in [0.4, 0.5) is 0 Å². The molecular formula is C7H10O3. The number of carboxylic acid groups (broad SMARTS) is 1. The summed E-state index contributed by atoms with van der Waals surface area (Å²) in [7, 11) is 0. The van der Waals surface area contributed by atoms with Crippen LogP contribution in [0.1, 0.15) is 12.8 Å².